The molecule has 1 amide bonds. The van der Waals surface area contributed by atoms with Crippen LogP contribution in [0, 0.1) is 5.92 Å². The first-order chi connectivity index (χ1) is 8.50. The smallest absolute Gasteiger partial charge is 0.237 e. The van der Waals surface area contributed by atoms with E-state index in [1.165, 1.54) is 12.8 Å². The molecule has 0 aromatic heterocycles. The first kappa shape index (κ1) is 15.4. The Balaban J connectivity index is 2.59. The van der Waals surface area contributed by atoms with Crippen molar-refractivity contribution in [3.63, 3.8) is 0 Å². The van der Waals surface area contributed by atoms with Crippen molar-refractivity contribution >= 4 is 5.91 Å². The number of hydrogen-bond donors (Lipinski definition) is 2. The van der Waals surface area contributed by atoms with E-state index in [4.69, 9.17) is 5.73 Å². The Morgan fingerprint density at radius 3 is 2.67 bits per heavy atom. The molecule has 4 heteroatoms. The number of hydrogen-bond acceptors (Lipinski definition) is 3. The molecule has 0 spiro atoms. The summed E-state index contributed by atoms with van der Waals surface area (Å²) >= 11 is 0. The van der Waals surface area contributed by atoms with Gasteiger partial charge in [0.1, 0.15) is 0 Å². The molecule has 0 heterocycles. The maximum Gasteiger partial charge on any atom is 0.237 e. The molecule has 0 radical (unpaired) electrons. The lowest BCUT2D eigenvalue weighted by molar-refractivity contribution is -0.125. The topological polar surface area (TPSA) is 58.4 Å². The maximum absolute atomic E-state index is 11.8. The molecule has 4 nitrogen and oxygen atoms in total. The average Bonchev–Trinajstić information content (AvgIpc) is 2.52. The maximum atomic E-state index is 11.8. The number of nitrogens with two attached hydrogens (primary N) is 1. The quantitative estimate of drug-likeness (QED) is 0.704. The third-order valence-corrected chi connectivity index (χ3v) is 4.27. The minimum absolute atomic E-state index is 0.169. The zero-order valence-electron chi connectivity index (χ0n) is 12.2. The summed E-state index contributed by atoms with van der Waals surface area (Å²) in [5, 5.41) is 3.43. The van der Waals surface area contributed by atoms with Gasteiger partial charge in [-0.1, -0.05) is 26.2 Å². The highest BCUT2D eigenvalue weighted by Gasteiger charge is 2.37. The van der Waals surface area contributed by atoms with E-state index in [0.717, 1.165) is 44.7 Å². The Morgan fingerprint density at radius 2 is 2.11 bits per heavy atom. The SMILES string of the molecule is CCC1CCCC(NCCN(C)C)(C(N)=O)CC1. The van der Waals surface area contributed by atoms with E-state index in [9.17, 15) is 4.79 Å². The van der Waals surface area contributed by atoms with Gasteiger partial charge in [-0.05, 0) is 39.3 Å². The van der Waals surface area contributed by atoms with Gasteiger partial charge in [0.25, 0.3) is 0 Å². The van der Waals surface area contributed by atoms with Gasteiger partial charge in [-0.3, -0.25) is 4.79 Å². The van der Waals surface area contributed by atoms with E-state index in [-0.39, 0.29) is 5.91 Å². The summed E-state index contributed by atoms with van der Waals surface area (Å²) in [6.07, 6.45) is 6.47. The number of amides is 1. The largest absolute Gasteiger partial charge is 0.368 e. The van der Waals surface area contributed by atoms with Gasteiger partial charge in [0.15, 0.2) is 0 Å². The number of likely N-dealkylation sites (N-methyl/N-ethyl adjacent to an activating group) is 1. The Bertz CT molecular complexity index is 268. The summed E-state index contributed by atoms with van der Waals surface area (Å²) in [7, 11) is 4.08. The van der Waals surface area contributed by atoms with Crippen LogP contribution in [0.25, 0.3) is 0 Å². The summed E-state index contributed by atoms with van der Waals surface area (Å²) in [5.41, 5.74) is 5.20. The highest BCUT2D eigenvalue weighted by Crippen LogP contribution is 2.31. The van der Waals surface area contributed by atoms with E-state index in [2.05, 4.69) is 17.1 Å². The van der Waals surface area contributed by atoms with Crippen molar-refractivity contribution in [1.82, 2.24) is 10.2 Å². The van der Waals surface area contributed by atoms with E-state index in [0.29, 0.717) is 0 Å². The molecule has 1 fully saturated rings. The highest BCUT2D eigenvalue weighted by molar-refractivity contribution is 5.84. The van der Waals surface area contributed by atoms with Gasteiger partial charge in [-0.15, -0.1) is 0 Å². The van der Waals surface area contributed by atoms with Crippen molar-refractivity contribution in [2.24, 2.45) is 11.7 Å². The second-order valence-corrected chi connectivity index (χ2v) is 5.88. The molecule has 1 saturated carbocycles. The zero-order valence-corrected chi connectivity index (χ0v) is 12.2. The Kier molecular flexibility index (Phi) is 6.09. The second-order valence-electron chi connectivity index (χ2n) is 5.88. The number of carbonyl (C=O) groups excluding carboxylic acids is 1. The predicted molar refractivity (Wildman–Crippen MR) is 75.3 cm³/mol. The van der Waals surface area contributed by atoms with E-state index in [1.807, 2.05) is 14.1 Å². The van der Waals surface area contributed by atoms with Gasteiger partial charge in [0.05, 0.1) is 5.54 Å². The van der Waals surface area contributed by atoms with Crippen LogP contribution in [0.2, 0.25) is 0 Å². The van der Waals surface area contributed by atoms with Gasteiger partial charge < -0.3 is 16.0 Å². The van der Waals surface area contributed by atoms with Crippen LogP contribution in [0.4, 0.5) is 0 Å². The normalized spacial score (nSPS) is 29.2. The minimum atomic E-state index is -0.458. The Hall–Kier alpha value is -0.610. The first-order valence-electron chi connectivity index (χ1n) is 7.20. The Morgan fingerprint density at radius 1 is 1.39 bits per heavy atom. The van der Waals surface area contributed by atoms with Crippen LogP contribution in [-0.4, -0.2) is 43.5 Å². The molecule has 1 rings (SSSR count). The Labute approximate surface area is 111 Å². The van der Waals surface area contributed by atoms with Crippen molar-refractivity contribution in [2.75, 3.05) is 27.2 Å². The molecule has 106 valence electrons. The second kappa shape index (κ2) is 7.10. The highest BCUT2D eigenvalue weighted by atomic mass is 16.1. The van der Waals surface area contributed by atoms with Crippen LogP contribution in [-0.2, 0) is 4.79 Å². The third kappa shape index (κ3) is 4.25. The average molecular weight is 255 g/mol. The molecule has 0 bridgehead atoms. The van der Waals surface area contributed by atoms with Crippen LogP contribution in [0.3, 0.4) is 0 Å². The molecule has 2 unspecified atom stereocenters. The molecular weight excluding hydrogens is 226 g/mol. The molecule has 0 aromatic carbocycles. The van der Waals surface area contributed by atoms with Crippen molar-refractivity contribution in [3.8, 4) is 0 Å². The summed E-state index contributed by atoms with van der Waals surface area (Å²) in [6.45, 7) is 4.00. The van der Waals surface area contributed by atoms with Crippen LogP contribution < -0.4 is 11.1 Å². The molecule has 1 aliphatic rings. The van der Waals surface area contributed by atoms with Crippen molar-refractivity contribution in [1.29, 1.82) is 0 Å². The predicted octanol–water partition coefficient (Wildman–Crippen LogP) is 1.35. The van der Waals surface area contributed by atoms with Gasteiger partial charge in [-0.2, -0.15) is 0 Å². The van der Waals surface area contributed by atoms with E-state index in [1.54, 1.807) is 0 Å². The molecule has 0 aliphatic heterocycles. The van der Waals surface area contributed by atoms with Crippen LogP contribution in [0.15, 0.2) is 0 Å². The summed E-state index contributed by atoms with van der Waals surface area (Å²) < 4.78 is 0. The summed E-state index contributed by atoms with van der Waals surface area (Å²) in [4.78, 5) is 14.0. The standard InChI is InChI=1S/C14H29N3O/c1-4-12-6-5-8-14(9-7-12,13(15)18)16-10-11-17(2)3/h12,16H,4-11H2,1-3H3,(H2,15,18). The van der Waals surface area contributed by atoms with Crippen LogP contribution in [0.5, 0.6) is 0 Å². The molecule has 3 N–H and O–H groups in total. The molecule has 2 atom stereocenters. The van der Waals surface area contributed by atoms with Gasteiger partial charge in [0.2, 0.25) is 5.91 Å². The fraction of sp³-hybridized carbons (Fsp3) is 0.929. The number of carbonyl (C=O) groups is 1. The number of rotatable bonds is 6. The molecule has 0 saturated heterocycles. The lowest BCUT2D eigenvalue weighted by Gasteiger charge is -2.31. The lowest BCUT2D eigenvalue weighted by Crippen LogP contribution is -2.56. The van der Waals surface area contributed by atoms with Gasteiger partial charge in [0, 0.05) is 13.1 Å². The fourth-order valence-electron chi connectivity index (χ4n) is 2.85. The first-order valence-corrected chi connectivity index (χ1v) is 7.20. The van der Waals surface area contributed by atoms with Gasteiger partial charge >= 0.3 is 0 Å². The van der Waals surface area contributed by atoms with Crippen molar-refractivity contribution in [2.45, 2.75) is 51.0 Å². The minimum Gasteiger partial charge on any atom is -0.368 e. The fourth-order valence-corrected chi connectivity index (χ4v) is 2.85. The van der Waals surface area contributed by atoms with Crippen molar-refractivity contribution in [3.05, 3.63) is 0 Å². The van der Waals surface area contributed by atoms with Gasteiger partial charge in [-0.25, -0.2) is 0 Å². The van der Waals surface area contributed by atoms with Crippen LogP contribution in [0.1, 0.15) is 45.4 Å². The number of primary amides is 1. The van der Waals surface area contributed by atoms with Crippen molar-refractivity contribution < 1.29 is 4.79 Å². The number of nitrogens with one attached hydrogen (secondary N) is 1. The van der Waals surface area contributed by atoms with E-state index >= 15 is 0 Å². The summed E-state index contributed by atoms with van der Waals surface area (Å²) in [5.74, 6) is 0.597. The zero-order chi connectivity index (χ0) is 13.6. The molecule has 1 aliphatic carbocycles. The van der Waals surface area contributed by atoms with E-state index < -0.39 is 5.54 Å². The number of nitrogens with zero attached hydrogens (tertiary/aromatic N) is 1. The molecular formula is C14H29N3O. The lowest BCUT2D eigenvalue weighted by atomic mass is 9.88. The van der Waals surface area contributed by atoms with Crippen LogP contribution >= 0.6 is 0 Å². The summed E-state index contributed by atoms with van der Waals surface area (Å²) in [6, 6.07) is 0. The molecule has 18 heavy (non-hydrogen) atoms. The molecule has 0 aromatic rings. The third-order valence-electron chi connectivity index (χ3n) is 4.27. The monoisotopic (exact) mass is 255 g/mol.